The molecule has 2 aromatic heterocycles. The lowest BCUT2D eigenvalue weighted by molar-refractivity contribution is 0.0769. The van der Waals surface area contributed by atoms with Gasteiger partial charge in [-0.05, 0) is 13.3 Å². The number of aryl methyl sites for hydroxylation is 2. The van der Waals surface area contributed by atoms with Crippen molar-refractivity contribution in [1.82, 2.24) is 24.8 Å². The van der Waals surface area contributed by atoms with Crippen LogP contribution in [0.2, 0.25) is 0 Å². The highest BCUT2D eigenvalue weighted by Crippen LogP contribution is 2.15. The van der Waals surface area contributed by atoms with Gasteiger partial charge in [0.2, 0.25) is 0 Å². The Hall–Kier alpha value is -2.18. The predicted octanol–water partition coefficient (Wildman–Crippen LogP) is 0.793. The van der Waals surface area contributed by atoms with Crippen molar-refractivity contribution in [2.24, 2.45) is 0 Å². The van der Waals surface area contributed by atoms with Gasteiger partial charge >= 0.3 is 0 Å². The number of carbonyl (C=O) groups excluding carboxylic acids is 1. The van der Waals surface area contributed by atoms with Crippen LogP contribution in [0.15, 0.2) is 10.6 Å². The molecule has 0 saturated heterocycles. The van der Waals surface area contributed by atoms with Crippen LogP contribution in [0.1, 0.15) is 34.3 Å². The summed E-state index contributed by atoms with van der Waals surface area (Å²) in [6.07, 6.45) is 2.06. The summed E-state index contributed by atoms with van der Waals surface area (Å²) < 4.78 is 7.00. The first kappa shape index (κ1) is 11.9. The first-order valence-corrected chi connectivity index (χ1v) is 6.25. The third-order valence-corrected chi connectivity index (χ3v) is 3.26. The smallest absolute Gasteiger partial charge is 0.276 e. The van der Waals surface area contributed by atoms with Crippen LogP contribution in [0.25, 0.3) is 0 Å². The largest absolute Gasteiger partial charge is 0.361 e. The van der Waals surface area contributed by atoms with Gasteiger partial charge in [-0.1, -0.05) is 5.16 Å². The second kappa shape index (κ2) is 4.49. The van der Waals surface area contributed by atoms with E-state index in [1.54, 1.807) is 24.9 Å². The minimum atomic E-state index is -0.174. The van der Waals surface area contributed by atoms with Crippen molar-refractivity contribution in [2.45, 2.75) is 32.9 Å². The maximum atomic E-state index is 12.1. The summed E-state index contributed by atoms with van der Waals surface area (Å²) in [6.45, 7) is 3.12. The second-order valence-electron chi connectivity index (χ2n) is 4.77. The van der Waals surface area contributed by atoms with E-state index in [9.17, 15) is 4.79 Å². The Balaban J connectivity index is 1.74. The molecule has 0 aromatic carbocycles. The number of aromatic nitrogens is 4. The van der Waals surface area contributed by atoms with E-state index in [0.717, 1.165) is 31.0 Å². The van der Waals surface area contributed by atoms with Gasteiger partial charge in [0.05, 0.1) is 6.54 Å². The molecule has 1 amide bonds. The molecule has 1 aliphatic rings. The Kier molecular flexibility index (Phi) is 2.81. The zero-order valence-corrected chi connectivity index (χ0v) is 11.0. The molecule has 3 rings (SSSR count). The molecule has 2 aromatic rings. The van der Waals surface area contributed by atoms with Crippen LogP contribution in [0.5, 0.6) is 0 Å². The van der Waals surface area contributed by atoms with E-state index in [1.807, 2.05) is 0 Å². The Labute approximate surface area is 110 Å². The van der Waals surface area contributed by atoms with Crippen LogP contribution in [-0.2, 0) is 19.5 Å². The van der Waals surface area contributed by atoms with Gasteiger partial charge in [0.25, 0.3) is 5.91 Å². The van der Waals surface area contributed by atoms with Crippen molar-refractivity contribution >= 4 is 5.91 Å². The molecular formula is C12H15N5O2. The molecule has 0 radical (unpaired) electrons. The number of hydrogen-bond acceptors (Lipinski definition) is 5. The lowest BCUT2D eigenvalue weighted by atomic mass is 10.3. The van der Waals surface area contributed by atoms with Gasteiger partial charge in [-0.15, -0.1) is 10.2 Å². The molecule has 3 heterocycles. The maximum Gasteiger partial charge on any atom is 0.276 e. The highest BCUT2D eigenvalue weighted by Gasteiger charge is 2.21. The fourth-order valence-corrected chi connectivity index (χ4v) is 2.27. The molecule has 19 heavy (non-hydrogen) atoms. The summed E-state index contributed by atoms with van der Waals surface area (Å²) in [5.74, 6) is 2.28. The monoisotopic (exact) mass is 261 g/mol. The first-order chi connectivity index (χ1) is 9.15. The number of hydrogen-bond donors (Lipinski definition) is 0. The van der Waals surface area contributed by atoms with Crippen molar-refractivity contribution in [3.63, 3.8) is 0 Å². The lowest BCUT2D eigenvalue weighted by Gasteiger charge is -2.15. The van der Waals surface area contributed by atoms with Gasteiger partial charge in [0.15, 0.2) is 11.5 Å². The molecule has 0 N–H and O–H groups in total. The van der Waals surface area contributed by atoms with Crippen LogP contribution >= 0.6 is 0 Å². The van der Waals surface area contributed by atoms with Crippen LogP contribution in [0.4, 0.5) is 0 Å². The molecule has 0 spiro atoms. The average molecular weight is 261 g/mol. The zero-order chi connectivity index (χ0) is 13.4. The highest BCUT2D eigenvalue weighted by molar-refractivity contribution is 5.91. The van der Waals surface area contributed by atoms with Crippen molar-refractivity contribution in [3.05, 3.63) is 29.2 Å². The second-order valence-corrected chi connectivity index (χ2v) is 4.77. The first-order valence-electron chi connectivity index (χ1n) is 6.25. The normalized spacial score (nSPS) is 13.6. The van der Waals surface area contributed by atoms with Gasteiger partial charge < -0.3 is 14.0 Å². The van der Waals surface area contributed by atoms with Gasteiger partial charge in [0, 0.05) is 26.1 Å². The van der Waals surface area contributed by atoms with Crippen molar-refractivity contribution in [1.29, 1.82) is 0 Å². The molecular weight excluding hydrogens is 246 g/mol. The summed E-state index contributed by atoms with van der Waals surface area (Å²) >= 11 is 0. The molecule has 0 saturated carbocycles. The quantitative estimate of drug-likeness (QED) is 0.816. The van der Waals surface area contributed by atoms with E-state index in [2.05, 4.69) is 19.9 Å². The lowest BCUT2D eigenvalue weighted by Crippen LogP contribution is -2.28. The number of amides is 1. The Bertz CT molecular complexity index is 615. The fraction of sp³-hybridized carbons (Fsp3) is 0.500. The van der Waals surface area contributed by atoms with Crippen LogP contribution in [0, 0.1) is 6.92 Å². The topological polar surface area (TPSA) is 77.1 Å². The highest BCUT2D eigenvalue weighted by atomic mass is 16.5. The average Bonchev–Trinajstić information content (AvgIpc) is 3.06. The Morgan fingerprint density at radius 3 is 3.11 bits per heavy atom. The summed E-state index contributed by atoms with van der Waals surface area (Å²) in [6, 6.07) is 1.63. The van der Waals surface area contributed by atoms with Crippen molar-refractivity contribution in [3.8, 4) is 0 Å². The van der Waals surface area contributed by atoms with E-state index in [4.69, 9.17) is 4.52 Å². The molecule has 7 heteroatoms. The summed E-state index contributed by atoms with van der Waals surface area (Å²) in [7, 11) is 1.73. The molecule has 0 atom stereocenters. The minimum absolute atomic E-state index is 0.174. The summed E-state index contributed by atoms with van der Waals surface area (Å²) in [5.41, 5.74) is 0.321. The van der Waals surface area contributed by atoms with Gasteiger partial charge in [-0.3, -0.25) is 4.79 Å². The summed E-state index contributed by atoms with van der Waals surface area (Å²) in [5, 5.41) is 12.0. The van der Waals surface area contributed by atoms with E-state index in [0.29, 0.717) is 18.0 Å². The van der Waals surface area contributed by atoms with Crippen LogP contribution in [-0.4, -0.2) is 37.8 Å². The predicted molar refractivity (Wildman–Crippen MR) is 65.4 cm³/mol. The van der Waals surface area contributed by atoms with E-state index >= 15 is 0 Å². The number of rotatable bonds is 3. The van der Waals surface area contributed by atoms with E-state index in [-0.39, 0.29) is 5.91 Å². The van der Waals surface area contributed by atoms with Gasteiger partial charge in [-0.2, -0.15) is 0 Å². The minimum Gasteiger partial charge on any atom is -0.361 e. The number of fused-ring (bicyclic) bond motifs is 1. The number of carbonyl (C=O) groups is 1. The number of nitrogens with zero attached hydrogens (tertiary/aromatic N) is 5. The molecule has 1 aliphatic heterocycles. The Morgan fingerprint density at radius 2 is 2.37 bits per heavy atom. The van der Waals surface area contributed by atoms with Crippen LogP contribution < -0.4 is 0 Å². The molecule has 0 aliphatic carbocycles. The van der Waals surface area contributed by atoms with Gasteiger partial charge in [0.1, 0.15) is 11.6 Å². The van der Waals surface area contributed by atoms with Crippen LogP contribution in [0.3, 0.4) is 0 Å². The molecule has 0 unspecified atom stereocenters. The SMILES string of the molecule is Cc1cc(C(=O)N(C)Cc2nnc3n2CCC3)no1. The fourth-order valence-electron chi connectivity index (χ4n) is 2.27. The van der Waals surface area contributed by atoms with Crippen molar-refractivity contribution in [2.75, 3.05) is 7.05 Å². The third kappa shape index (κ3) is 2.11. The van der Waals surface area contributed by atoms with E-state index in [1.165, 1.54) is 0 Å². The molecule has 0 fully saturated rings. The summed E-state index contributed by atoms with van der Waals surface area (Å²) in [4.78, 5) is 13.7. The van der Waals surface area contributed by atoms with E-state index < -0.39 is 0 Å². The maximum absolute atomic E-state index is 12.1. The third-order valence-electron chi connectivity index (χ3n) is 3.26. The van der Waals surface area contributed by atoms with Gasteiger partial charge in [-0.25, -0.2) is 0 Å². The standard InChI is InChI=1S/C12H15N5O2/c1-8-6-9(15-19-8)12(18)16(2)7-11-14-13-10-4-3-5-17(10)11/h6H,3-5,7H2,1-2H3. The zero-order valence-electron chi connectivity index (χ0n) is 11.0. The van der Waals surface area contributed by atoms with Crippen molar-refractivity contribution < 1.29 is 9.32 Å². The molecule has 100 valence electrons. The molecule has 7 nitrogen and oxygen atoms in total. The Morgan fingerprint density at radius 1 is 1.53 bits per heavy atom. The molecule has 0 bridgehead atoms.